The molecule has 1 amide bonds. The Morgan fingerprint density at radius 3 is 2.40 bits per heavy atom. The highest BCUT2D eigenvalue weighted by Crippen LogP contribution is 2.32. The lowest BCUT2D eigenvalue weighted by atomic mass is 10.0. The standard InChI is InChI=1S/C24H31N3O3/c1-26-11-8-18-12-17(6-7-22(18)26)23(27-9-4-5-10-27)16-25-24(28)19-13-20(29-2)15-21(14-19)30-3/h6-7,12-15,23H,4-5,8-11,16H2,1-3H3,(H,25,28)/t23-/m1/s1. The van der Waals surface area contributed by atoms with Gasteiger partial charge >= 0.3 is 0 Å². The molecule has 4 rings (SSSR count). The smallest absolute Gasteiger partial charge is 0.251 e. The van der Waals surface area contributed by atoms with Crippen molar-refractivity contribution in [2.24, 2.45) is 0 Å². The zero-order valence-corrected chi connectivity index (χ0v) is 18.1. The second-order valence-corrected chi connectivity index (χ2v) is 8.13. The van der Waals surface area contributed by atoms with Gasteiger partial charge in [0.05, 0.1) is 20.3 Å². The fourth-order valence-electron chi connectivity index (χ4n) is 4.53. The van der Waals surface area contributed by atoms with Crippen molar-refractivity contribution in [1.82, 2.24) is 10.2 Å². The number of fused-ring (bicyclic) bond motifs is 1. The molecule has 2 aliphatic heterocycles. The number of likely N-dealkylation sites (tertiary alicyclic amines) is 1. The van der Waals surface area contributed by atoms with E-state index in [2.05, 4.69) is 40.4 Å². The fourth-order valence-corrected chi connectivity index (χ4v) is 4.53. The van der Waals surface area contributed by atoms with Crippen LogP contribution in [0.15, 0.2) is 36.4 Å². The van der Waals surface area contributed by atoms with E-state index in [1.807, 2.05) is 0 Å². The molecular weight excluding hydrogens is 378 g/mol. The maximum absolute atomic E-state index is 12.9. The highest BCUT2D eigenvalue weighted by atomic mass is 16.5. The molecular formula is C24H31N3O3. The van der Waals surface area contributed by atoms with E-state index in [1.165, 1.54) is 29.7 Å². The van der Waals surface area contributed by atoms with E-state index in [4.69, 9.17) is 9.47 Å². The first-order valence-electron chi connectivity index (χ1n) is 10.7. The fraction of sp³-hybridized carbons (Fsp3) is 0.458. The summed E-state index contributed by atoms with van der Waals surface area (Å²) in [6.07, 6.45) is 3.51. The van der Waals surface area contributed by atoms with Gasteiger partial charge in [0.2, 0.25) is 0 Å². The third-order valence-corrected chi connectivity index (χ3v) is 6.27. The van der Waals surface area contributed by atoms with Crippen molar-refractivity contribution in [3.8, 4) is 11.5 Å². The SMILES string of the molecule is COc1cc(OC)cc(C(=O)NC[C@H](c2ccc3c(c2)CCN3C)N2CCCC2)c1. The van der Waals surface area contributed by atoms with Gasteiger partial charge in [-0.1, -0.05) is 12.1 Å². The molecule has 0 bridgehead atoms. The Kier molecular flexibility index (Phi) is 6.13. The monoisotopic (exact) mass is 409 g/mol. The summed E-state index contributed by atoms with van der Waals surface area (Å²) in [5.74, 6) is 1.11. The predicted octanol–water partition coefficient (Wildman–Crippen LogP) is 3.26. The second-order valence-electron chi connectivity index (χ2n) is 8.13. The number of hydrogen-bond acceptors (Lipinski definition) is 5. The number of nitrogens with zero attached hydrogens (tertiary/aromatic N) is 2. The highest BCUT2D eigenvalue weighted by Gasteiger charge is 2.26. The molecule has 0 radical (unpaired) electrons. The van der Waals surface area contributed by atoms with Crippen molar-refractivity contribution in [1.29, 1.82) is 0 Å². The molecule has 6 heteroatoms. The summed E-state index contributed by atoms with van der Waals surface area (Å²) < 4.78 is 10.6. The molecule has 2 aliphatic rings. The number of ether oxygens (including phenoxy) is 2. The van der Waals surface area contributed by atoms with Crippen LogP contribution in [0.5, 0.6) is 11.5 Å². The number of rotatable bonds is 7. The zero-order chi connectivity index (χ0) is 21.1. The van der Waals surface area contributed by atoms with Gasteiger partial charge in [0.1, 0.15) is 11.5 Å². The van der Waals surface area contributed by atoms with Gasteiger partial charge < -0.3 is 19.7 Å². The van der Waals surface area contributed by atoms with Gasteiger partial charge in [0.25, 0.3) is 5.91 Å². The molecule has 0 aliphatic carbocycles. The zero-order valence-electron chi connectivity index (χ0n) is 18.1. The first-order valence-corrected chi connectivity index (χ1v) is 10.7. The number of benzene rings is 2. The number of likely N-dealkylation sites (N-methyl/N-ethyl adjacent to an activating group) is 1. The summed E-state index contributed by atoms with van der Waals surface area (Å²) in [6, 6.07) is 12.2. The lowest BCUT2D eigenvalue weighted by Crippen LogP contribution is -2.36. The quantitative estimate of drug-likeness (QED) is 0.761. The van der Waals surface area contributed by atoms with Gasteiger partial charge in [0.15, 0.2) is 0 Å². The number of nitrogens with one attached hydrogen (secondary N) is 1. The Hall–Kier alpha value is -2.73. The van der Waals surface area contributed by atoms with Crippen molar-refractivity contribution in [3.63, 3.8) is 0 Å². The van der Waals surface area contributed by atoms with Crippen LogP contribution in [0.2, 0.25) is 0 Å². The third-order valence-electron chi connectivity index (χ3n) is 6.27. The molecule has 6 nitrogen and oxygen atoms in total. The number of carbonyl (C=O) groups is 1. The van der Waals surface area contributed by atoms with Gasteiger partial charge in [-0.15, -0.1) is 0 Å². The number of amides is 1. The molecule has 1 atom stereocenters. The van der Waals surface area contributed by atoms with Gasteiger partial charge in [0, 0.05) is 37.5 Å². The molecule has 160 valence electrons. The lowest BCUT2D eigenvalue weighted by Gasteiger charge is -2.29. The lowest BCUT2D eigenvalue weighted by molar-refractivity contribution is 0.0937. The van der Waals surface area contributed by atoms with Crippen LogP contribution in [0.4, 0.5) is 5.69 Å². The van der Waals surface area contributed by atoms with E-state index < -0.39 is 0 Å². The highest BCUT2D eigenvalue weighted by molar-refractivity contribution is 5.95. The van der Waals surface area contributed by atoms with Crippen molar-refractivity contribution in [2.45, 2.75) is 25.3 Å². The van der Waals surface area contributed by atoms with Gasteiger partial charge in [-0.3, -0.25) is 9.69 Å². The molecule has 1 saturated heterocycles. The molecule has 2 heterocycles. The summed E-state index contributed by atoms with van der Waals surface area (Å²) in [5.41, 5.74) is 4.56. The maximum Gasteiger partial charge on any atom is 0.251 e. The van der Waals surface area contributed by atoms with E-state index >= 15 is 0 Å². The number of anilines is 1. The van der Waals surface area contributed by atoms with Crippen molar-refractivity contribution in [2.75, 3.05) is 52.3 Å². The largest absolute Gasteiger partial charge is 0.497 e. The summed E-state index contributed by atoms with van der Waals surface area (Å²) in [6.45, 7) is 3.80. The molecule has 0 aromatic heterocycles. The Balaban J connectivity index is 1.53. The van der Waals surface area contributed by atoms with Crippen LogP contribution >= 0.6 is 0 Å². The molecule has 0 saturated carbocycles. The van der Waals surface area contributed by atoms with E-state index in [0.717, 1.165) is 26.1 Å². The number of hydrogen-bond donors (Lipinski definition) is 1. The number of methoxy groups -OCH3 is 2. The van der Waals surface area contributed by atoms with Crippen molar-refractivity contribution >= 4 is 11.6 Å². The van der Waals surface area contributed by atoms with Crippen LogP contribution in [0.3, 0.4) is 0 Å². The molecule has 0 spiro atoms. The van der Waals surface area contributed by atoms with Gasteiger partial charge in [-0.05, 0) is 61.7 Å². The first-order chi connectivity index (χ1) is 14.6. The van der Waals surface area contributed by atoms with Gasteiger partial charge in [-0.25, -0.2) is 0 Å². The van der Waals surface area contributed by atoms with Crippen LogP contribution in [0, 0.1) is 0 Å². The Labute approximate surface area is 178 Å². The topological polar surface area (TPSA) is 54.0 Å². The van der Waals surface area contributed by atoms with Crippen molar-refractivity contribution in [3.05, 3.63) is 53.1 Å². The summed E-state index contributed by atoms with van der Waals surface area (Å²) >= 11 is 0. The Morgan fingerprint density at radius 1 is 1.03 bits per heavy atom. The molecule has 30 heavy (non-hydrogen) atoms. The molecule has 1 N–H and O–H groups in total. The Bertz CT molecular complexity index is 886. The van der Waals surface area contributed by atoms with Crippen LogP contribution in [0.25, 0.3) is 0 Å². The van der Waals surface area contributed by atoms with E-state index in [1.54, 1.807) is 32.4 Å². The minimum Gasteiger partial charge on any atom is -0.497 e. The van der Waals surface area contributed by atoms with Gasteiger partial charge in [-0.2, -0.15) is 0 Å². The van der Waals surface area contributed by atoms with Crippen LogP contribution in [0.1, 0.15) is 40.4 Å². The molecule has 0 unspecified atom stereocenters. The molecule has 1 fully saturated rings. The molecule has 2 aromatic rings. The second kappa shape index (κ2) is 8.96. The normalized spacial score (nSPS) is 17.0. The maximum atomic E-state index is 12.9. The third kappa shape index (κ3) is 4.24. The van der Waals surface area contributed by atoms with E-state index in [-0.39, 0.29) is 11.9 Å². The predicted molar refractivity (Wildman–Crippen MR) is 119 cm³/mol. The van der Waals surface area contributed by atoms with Crippen LogP contribution in [-0.4, -0.2) is 58.3 Å². The average molecular weight is 410 g/mol. The summed E-state index contributed by atoms with van der Waals surface area (Å²) in [7, 11) is 5.32. The minimum atomic E-state index is -0.114. The number of carbonyl (C=O) groups excluding carboxylic acids is 1. The Morgan fingerprint density at radius 2 is 1.73 bits per heavy atom. The van der Waals surface area contributed by atoms with E-state index in [0.29, 0.717) is 23.6 Å². The van der Waals surface area contributed by atoms with Crippen molar-refractivity contribution < 1.29 is 14.3 Å². The minimum absolute atomic E-state index is 0.114. The first kappa shape index (κ1) is 20.5. The summed E-state index contributed by atoms with van der Waals surface area (Å²) in [4.78, 5) is 17.7. The average Bonchev–Trinajstić information content (AvgIpc) is 3.43. The summed E-state index contributed by atoms with van der Waals surface area (Å²) in [5, 5.41) is 3.15. The van der Waals surface area contributed by atoms with Crippen LogP contribution in [-0.2, 0) is 6.42 Å². The molecule has 2 aromatic carbocycles. The van der Waals surface area contributed by atoms with E-state index in [9.17, 15) is 4.79 Å². The van der Waals surface area contributed by atoms with Crippen LogP contribution < -0.4 is 19.7 Å².